The highest BCUT2D eigenvalue weighted by Crippen LogP contribution is 2.24. The van der Waals surface area contributed by atoms with E-state index in [2.05, 4.69) is 57.3 Å². The second-order valence-corrected chi connectivity index (χ2v) is 6.26. The summed E-state index contributed by atoms with van der Waals surface area (Å²) in [4.78, 5) is 0. The molecule has 0 spiro atoms. The van der Waals surface area contributed by atoms with Crippen LogP contribution in [-0.2, 0) is 5.41 Å². The first-order valence-electron chi connectivity index (χ1n) is 6.84. The highest BCUT2D eigenvalue weighted by Gasteiger charge is 2.19. The van der Waals surface area contributed by atoms with E-state index in [0.717, 1.165) is 25.4 Å². The molecule has 0 aliphatic carbocycles. The van der Waals surface area contributed by atoms with E-state index in [1.165, 1.54) is 11.1 Å². The van der Waals surface area contributed by atoms with Gasteiger partial charge < -0.3 is 5.32 Å². The molecule has 102 valence electrons. The van der Waals surface area contributed by atoms with Crippen LogP contribution in [0.1, 0.15) is 51.2 Å². The van der Waals surface area contributed by atoms with Gasteiger partial charge in [-0.25, -0.2) is 0 Å². The first-order chi connectivity index (χ1) is 8.47. The predicted octanol–water partition coefficient (Wildman–Crippen LogP) is 4.31. The Hall–Kier alpha value is -0.530. The number of halogens is 1. The van der Waals surface area contributed by atoms with Crippen LogP contribution in [0.3, 0.4) is 0 Å². The maximum absolute atomic E-state index is 5.68. The molecule has 1 nitrogen and oxygen atoms in total. The summed E-state index contributed by atoms with van der Waals surface area (Å²) in [5, 5.41) is 3.48. The molecule has 0 fully saturated rings. The third kappa shape index (κ3) is 4.62. The third-order valence-corrected chi connectivity index (χ3v) is 3.68. The molecule has 0 radical (unpaired) electrons. The van der Waals surface area contributed by atoms with Crippen LogP contribution >= 0.6 is 11.6 Å². The smallest absolute Gasteiger partial charge is 0.0235 e. The summed E-state index contributed by atoms with van der Waals surface area (Å²) in [7, 11) is 0. The van der Waals surface area contributed by atoms with Crippen LogP contribution in [0.2, 0.25) is 0 Å². The predicted molar refractivity (Wildman–Crippen MR) is 81.8 cm³/mol. The molecule has 0 heterocycles. The van der Waals surface area contributed by atoms with Crippen molar-refractivity contribution in [2.24, 2.45) is 0 Å². The zero-order valence-electron chi connectivity index (χ0n) is 12.1. The monoisotopic (exact) mass is 267 g/mol. The van der Waals surface area contributed by atoms with Crippen LogP contribution < -0.4 is 5.32 Å². The van der Waals surface area contributed by atoms with Gasteiger partial charge in [0.25, 0.3) is 0 Å². The maximum Gasteiger partial charge on any atom is 0.0235 e. The van der Waals surface area contributed by atoms with Crippen LogP contribution in [0.4, 0.5) is 0 Å². The van der Waals surface area contributed by atoms with Crippen LogP contribution in [0.5, 0.6) is 0 Å². The van der Waals surface area contributed by atoms with E-state index in [1.807, 2.05) is 0 Å². The van der Waals surface area contributed by atoms with Crippen molar-refractivity contribution in [2.45, 2.75) is 45.4 Å². The zero-order chi connectivity index (χ0) is 13.6. The minimum atomic E-state index is 0.168. The number of hydrogen-bond acceptors (Lipinski definition) is 1. The quantitative estimate of drug-likeness (QED) is 0.574. The average Bonchev–Trinajstić information content (AvgIpc) is 2.35. The van der Waals surface area contributed by atoms with Gasteiger partial charge in [-0.3, -0.25) is 0 Å². The van der Waals surface area contributed by atoms with Crippen LogP contribution in [0.25, 0.3) is 0 Å². The number of benzene rings is 1. The summed E-state index contributed by atoms with van der Waals surface area (Å²) < 4.78 is 0. The van der Waals surface area contributed by atoms with Gasteiger partial charge in [-0.05, 0) is 30.0 Å². The Kier molecular flexibility index (Phi) is 6.17. The summed E-state index contributed by atoms with van der Waals surface area (Å²) >= 11 is 5.68. The largest absolute Gasteiger partial charge is 0.316 e. The second-order valence-electron chi connectivity index (χ2n) is 5.88. The molecule has 18 heavy (non-hydrogen) atoms. The summed E-state index contributed by atoms with van der Waals surface area (Å²) in [6.07, 6.45) is 1.03. The lowest BCUT2D eigenvalue weighted by molar-refractivity contribution is 0.470. The molecule has 0 saturated carbocycles. The summed E-state index contributed by atoms with van der Waals surface area (Å²) in [5.74, 6) is 1.33. The molecule has 2 heteroatoms. The van der Waals surface area contributed by atoms with Crippen molar-refractivity contribution in [3.8, 4) is 0 Å². The van der Waals surface area contributed by atoms with E-state index in [0.29, 0.717) is 5.92 Å². The Morgan fingerprint density at radius 3 is 2.28 bits per heavy atom. The van der Waals surface area contributed by atoms with Gasteiger partial charge >= 0.3 is 0 Å². The zero-order valence-corrected chi connectivity index (χ0v) is 12.8. The lowest BCUT2D eigenvalue weighted by Gasteiger charge is -2.26. The molecule has 0 aliphatic heterocycles. The Morgan fingerprint density at radius 2 is 1.78 bits per heavy atom. The van der Waals surface area contributed by atoms with Crippen molar-refractivity contribution in [3.05, 3.63) is 35.4 Å². The van der Waals surface area contributed by atoms with Crippen LogP contribution in [-0.4, -0.2) is 19.0 Å². The van der Waals surface area contributed by atoms with Gasteiger partial charge in [0.15, 0.2) is 0 Å². The highest BCUT2D eigenvalue weighted by atomic mass is 35.5. The molecule has 0 aliphatic rings. The third-order valence-electron chi connectivity index (χ3n) is 3.41. The van der Waals surface area contributed by atoms with E-state index in [4.69, 9.17) is 11.6 Å². The lowest BCUT2D eigenvalue weighted by atomic mass is 9.83. The standard InChI is InChI=1S/C16H26ClN/c1-13(2)14-6-8-15(9-7-14)16(3,4)12-18-11-5-10-17/h6-9,13,18H,5,10-12H2,1-4H3. The number of nitrogens with one attached hydrogen (secondary N) is 1. The fraction of sp³-hybridized carbons (Fsp3) is 0.625. The Balaban J connectivity index is 2.60. The minimum Gasteiger partial charge on any atom is -0.316 e. The van der Waals surface area contributed by atoms with Gasteiger partial charge in [-0.2, -0.15) is 0 Å². The van der Waals surface area contributed by atoms with Crippen molar-refractivity contribution in [3.63, 3.8) is 0 Å². The average molecular weight is 268 g/mol. The van der Waals surface area contributed by atoms with E-state index in [-0.39, 0.29) is 5.41 Å². The molecule has 0 amide bonds. The topological polar surface area (TPSA) is 12.0 Å². The maximum atomic E-state index is 5.68. The fourth-order valence-corrected chi connectivity index (χ4v) is 2.15. The van der Waals surface area contributed by atoms with Crippen molar-refractivity contribution in [1.29, 1.82) is 0 Å². The van der Waals surface area contributed by atoms with Gasteiger partial charge in [0.2, 0.25) is 0 Å². The summed E-state index contributed by atoms with van der Waals surface area (Å²) in [5.41, 5.74) is 2.97. The summed E-state index contributed by atoms with van der Waals surface area (Å²) in [6.45, 7) is 11.0. The molecule has 0 saturated heterocycles. The Bertz CT molecular complexity index is 341. The molecule has 1 rings (SSSR count). The van der Waals surface area contributed by atoms with Crippen molar-refractivity contribution < 1.29 is 0 Å². The molecule has 1 aromatic carbocycles. The van der Waals surface area contributed by atoms with E-state index >= 15 is 0 Å². The van der Waals surface area contributed by atoms with Gasteiger partial charge in [-0.1, -0.05) is 52.0 Å². The molecular weight excluding hydrogens is 242 g/mol. The van der Waals surface area contributed by atoms with Gasteiger partial charge in [-0.15, -0.1) is 11.6 Å². The molecule has 1 aromatic rings. The number of hydrogen-bond donors (Lipinski definition) is 1. The molecule has 0 unspecified atom stereocenters. The SMILES string of the molecule is CC(C)c1ccc(C(C)(C)CNCCCCl)cc1. The van der Waals surface area contributed by atoms with E-state index in [9.17, 15) is 0 Å². The molecule has 1 N–H and O–H groups in total. The lowest BCUT2D eigenvalue weighted by Crippen LogP contribution is -2.33. The summed E-state index contributed by atoms with van der Waals surface area (Å²) in [6, 6.07) is 9.03. The first kappa shape index (κ1) is 15.5. The van der Waals surface area contributed by atoms with Gasteiger partial charge in [0, 0.05) is 17.8 Å². The number of alkyl halides is 1. The molecule has 0 bridgehead atoms. The second kappa shape index (κ2) is 7.16. The van der Waals surface area contributed by atoms with Gasteiger partial charge in [0.05, 0.1) is 0 Å². The number of rotatable bonds is 7. The molecule has 0 aromatic heterocycles. The van der Waals surface area contributed by atoms with Crippen LogP contribution in [0.15, 0.2) is 24.3 Å². The van der Waals surface area contributed by atoms with E-state index < -0.39 is 0 Å². The van der Waals surface area contributed by atoms with Crippen LogP contribution in [0, 0.1) is 0 Å². The fourth-order valence-electron chi connectivity index (χ4n) is 2.01. The van der Waals surface area contributed by atoms with Crippen molar-refractivity contribution >= 4 is 11.6 Å². The van der Waals surface area contributed by atoms with Crippen molar-refractivity contribution in [2.75, 3.05) is 19.0 Å². The van der Waals surface area contributed by atoms with Crippen molar-refractivity contribution in [1.82, 2.24) is 5.32 Å². The first-order valence-corrected chi connectivity index (χ1v) is 7.38. The highest BCUT2D eigenvalue weighted by molar-refractivity contribution is 6.17. The molecular formula is C16H26ClN. The molecule has 0 atom stereocenters. The van der Waals surface area contributed by atoms with Gasteiger partial charge in [0.1, 0.15) is 0 Å². The minimum absolute atomic E-state index is 0.168. The normalized spacial score (nSPS) is 12.1. The Morgan fingerprint density at radius 1 is 1.17 bits per heavy atom. The van der Waals surface area contributed by atoms with E-state index in [1.54, 1.807) is 0 Å². The Labute approximate surface area is 117 Å².